The minimum absolute atomic E-state index is 0.348. The van der Waals surface area contributed by atoms with Crippen molar-refractivity contribution in [2.24, 2.45) is 0 Å². The van der Waals surface area contributed by atoms with Crippen LogP contribution in [0.4, 0.5) is 0 Å². The SMILES string of the molecule is CC(Cc1cccc(Cl)c1)NC(C)c1ccc(I)cc1. The van der Waals surface area contributed by atoms with Gasteiger partial charge in [-0.2, -0.15) is 0 Å². The van der Waals surface area contributed by atoms with E-state index >= 15 is 0 Å². The van der Waals surface area contributed by atoms with E-state index in [1.54, 1.807) is 0 Å². The molecule has 20 heavy (non-hydrogen) atoms. The molecule has 0 aromatic heterocycles. The van der Waals surface area contributed by atoms with Crippen molar-refractivity contribution in [2.75, 3.05) is 0 Å². The van der Waals surface area contributed by atoms with Crippen LogP contribution in [0.2, 0.25) is 5.02 Å². The van der Waals surface area contributed by atoms with Crippen molar-refractivity contribution < 1.29 is 0 Å². The number of benzene rings is 2. The Bertz CT molecular complexity index is 553. The molecule has 2 atom stereocenters. The molecule has 3 heteroatoms. The monoisotopic (exact) mass is 399 g/mol. The topological polar surface area (TPSA) is 12.0 Å². The first-order valence-corrected chi connectivity index (χ1v) is 8.26. The van der Waals surface area contributed by atoms with Crippen LogP contribution < -0.4 is 5.32 Å². The van der Waals surface area contributed by atoms with Crippen molar-refractivity contribution in [1.29, 1.82) is 0 Å². The van der Waals surface area contributed by atoms with Crippen molar-refractivity contribution in [3.05, 3.63) is 68.3 Å². The number of halogens is 2. The summed E-state index contributed by atoms with van der Waals surface area (Å²) in [6.07, 6.45) is 0.981. The zero-order valence-electron chi connectivity index (χ0n) is 11.7. The molecule has 0 radical (unpaired) electrons. The molecule has 1 N–H and O–H groups in total. The molecule has 2 aromatic rings. The van der Waals surface area contributed by atoms with Gasteiger partial charge in [-0.1, -0.05) is 35.9 Å². The van der Waals surface area contributed by atoms with E-state index in [0.717, 1.165) is 11.4 Å². The first kappa shape index (κ1) is 15.8. The lowest BCUT2D eigenvalue weighted by Gasteiger charge is -2.20. The molecule has 2 aromatic carbocycles. The highest BCUT2D eigenvalue weighted by atomic mass is 127. The Labute approximate surface area is 139 Å². The van der Waals surface area contributed by atoms with Gasteiger partial charge in [-0.05, 0) is 78.3 Å². The highest BCUT2D eigenvalue weighted by Crippen LogP contribution is 2.17. The molecule has 106 valence electrons. The molecule has 2 unspecified atom stereocenters. The van der Waals surface area contributed by atoms with Gasteiger partial charge in [0.1, 0.15) is 0 Å². The van der Waals surface area contributed by atoms with Crippen LogP contribution in [0, 0.1) is 3.57 Å². The summed E-state index contributed by atoms with van der Waals surface area (Å²) in [5, 5.41) is 4.44. The third kappa shape index (κ3) is 4.76. The highest BCUT2D eigenvalue weighted by Gasteiger charge is 2.10. The van der Waals surface area contributed by atoms with Crippen LogP contribution in [-0.4, -0.2) is 6.04 Å². The van der Waals surface area contributed by atoms with E-state index in [-0.39, 0.29) is 0 Å². The van der Waals surface area contributed by atoms with Gasteiger partial charge >= 0.3 is 0 Å². The molecule has 0 fully saturated rings. The highest BCUT2D eigenvalue weighted by molar-refractivity contribution is 14.1. The molecular weight excluding hydrogens is 381 g/mol. The minimum Gasteiger partial charge on any atom is -0.307 e. The molecule has 1 nitrogen and oxygen atoms in total. The fraction of sp³-hybridized carbons (Fsp3) is 0.294. The molecule has 0 bridgehead atoms. The predicted octanol–water partition coefficient (Wildman–Crippen LogP) is 5.23. The van der Waals surface area contributed by atoms with E-state index in [9.17, 15) is 0 Å². The van der Waals surface area contributed by atoms with E-state index in [1.165, 1.54) is 14.7 Å². The van der Waals surface area contributed by atoms with Gasteiger partial charge < -0.3 is 5.32 Å². The van der Waals surface area contributed by atoms with E-state index in [1.807, 2.05) is 18.2 Å². The second-order valence-electron chi connectivity index (χ2n) is 5.17. The van der Waals surface area contributed by atoms with Crippen LogP contribution in [0.15, 0.2) is 48.5 Å². The quantitative estimate of drug-likeness (QED) is 0.679. The van der Waals surface area contributed by atoms with Crippen molar-refractivity contribution >= 4 is 34.2 Å². The van der Waals surface area contributed by atoms with Gasteiger partial charge in [-0.25, -0.2) is 0 Å². The van der Waals surface area contributed by atoms with Crippen LogP contribution in [0.5, 0.6) is 0 Å². The summed E-state index contributed by atoms with van der Waals surface area (Å²) in [5.74, 6) is 0. The molecule has 0 saturated carbocycles. The molecule has 0 amide bonds. The Morgan fingerprint density at radius 1 is 1.10 bits per heavy atom. The lowest BCUT2D eigenvalue weighted by Crippen LogP contribution is -2.30. The normalized spacial score (nSPS) is 14.0. The van der Waals surface area contributed by atoms with Crippen molar-refractivity contribution in [3.8, 4) is 0 Å². The maximum atomic E-state index is 6.02. The van der Waals surface area contributed by atoms with Gasteiger partial charge in [-0.15, -0.1) is 0 Å². The number of hydrogen-bond acceptors (Lipinski definition) is 1. The Morgan fingerprint density at radius 3 is 2.45 bits per heavy atom. The molecule has 0 aliphatic rings. The van der Waals surface area contributed by atoms with Gasteiger partial charge in [-0.3, -0.25) is 0 Å². The lowest BCUT2D eigenvalue weighted by molar-refractivity contribution is 0.477. The third-order valence-corrected chi connectivity index (χ3v) is 4.29. The Kier molecular flexibility index (Phi) is 5.87. The Morgan fingerprint density at radius 2 is 1.80 bits per heavy atom. The van der Waals surface area contributed by atoms with Gasteiger partial charge in [0.25, 0.3) is 0 Å². The van der Waals surface area contributed by atoms with E-state index in [4.69, 9.17) is 11.6 Å². The summed E-state index contributed by atoms with van der Waals surface area (Å²) in [6.45, 7) is 4.42. The maximum absolute atomic E-state index is 6.02. The molecule has 0 spiro atoms. The minimum atomic E-state index is 0.348. The summed E-state index contributed by atoms with van der Waals surface area (Å²) in [6, 6.07) is 17.5. The number of nitrogens with one attached hydrogen (secondary N) is 1. The first-order valence-electron chi connectivity index (χ1n) is 6.80. The van der Waals surface area contributed by atoms with Crippen LogP contribution >= 0.6 is 34.2 Å². The molecular formula is C17H19ClIN. The zero-order valence-corrected chi connectivity index (χ0v) is 14.6. The smallest absolute Gasteiger partial charge is 0.0408 e. The number of rotatable bonds is 5. The van der Waals surface area contributed by atoms with Gasteiger partial charge in [0, 0.05) is 20.7 Å². The van der Waals surface area contributed by atoms with E-state index in [0.29, 0.717) is 12.1 Å². The second kappa shape index (κ2) is 7.43. The van der Waals surface area contributed by atoms with Crippen LogP contribution in [0.3, 0.4) is 0 Å². The molecule has 0 heterocycles. The average molecular weight is 400 g/mol. The zero-order chi connectivity index (χ0) is 14.5. The van der Waals surface area contributed by atoms with Crippen molar-refractivity contribution in [2.45, 2.75) is 32.4 Å². The molecule has 0 aliphatic carbocycles. The largest absolute Gasteiger partial charge is 0.307 e. The van der Waals surface area contributed by atoms with Crippen LogP contribution in [0.1, 0.15) is 31.0 Å². The van der Waals surface area contributed by atoms with Crippen molar-refractivity contribution in [3.63, 3.8) is 0 Å². The number of hydrogen-bond donors (Lipinski definition) is 1. The van der Waals surface area contributed by atoms with Gasteiger partial charge in [0.05, 0.1) is 0 Å². The third-order valence-electron chi connectivity index (χ3n) is 3.34. The summed E-state index contributed by atoms with van der Waals surface area (Å²) in [4.78, 5) is 0. The summed E-state index contributed by atoms with van der Waals surface area (Å²) < 4.78 is 1.27. The Hall–Kier alpha value is -0.580. The average Bonchev–Trinajstić information content (AvgIpc) is 2.39. The van der Waals surface area contributed by atoms with E-state index in [2.05, 4.69) is 72.1 Å². The lowest BCUT2D eigenvalue weighted by atomic mass is 10.0. The molecule has 0 aliphatic heterocycles. The van der Waals surface area contributed by atoms with Crippen molar-refractivity contribution in [1.82, 2.24) is 5.32 Å². The standard InChI is InChI=1S/C17H19ClIN/c1-12(10-14-4-3-5-16(18)11-14)20-13(2)15-6-8-17(19)9-7-15/h3-9,11-13,20H,10H2,1-2H3. The van der Waals surface area contributed by atoms with Crippen LogP contribution in [0.25, 0.3) is 0 Å². The second-order valence-corrected chi connectivity index (χ2v) is 6.86. The van der Waals surface area contributed by atoms with Crippen LogP contribution in [-0.2, 0) is 6.42 Å². The fourth-order valence-corrected chi connectivity index (χ4v) is 2.92. The molecule has 0 saturated heterocycles. The first-order chi connectivity index (χ1) is 9.54. The van der Waals surface area contributed by atoms with E-state index < -0.39 is 0 Å². The summed E-state index contributed by atoms with van der Waals surface area (Å²) in [5.41, 5.74) is 2.59. The Balaban J connectivity index is 1.93. The van der Waals surface area contributed by atoms with Gasteiger partial charge in [0.15, 0.2) is 0 Å². The maximum Gasteiger partial charge on any atom is 0.0408 e. The summed E-state index contributed by atoms with van der Waals surface area (Å²) >= 11 is 8.35. The fourth-order valence-electron chi connectivity index (χ4n) is 2.35. The summed E-state index contributed by atoms with van der Waals surface area (Å²) in [7, 11) is 0. The molecule has 2 rings (SSSR count). The van der Waals surface area contributed by atoms with Gasteiger partial charge in [0.2, 0.25) is 0 Å². The predicted molar refractivity (Wildman–Crippen MR) is 95.3 cm³/mol.